The molecule has 6 aromatic heterocycles. The van der Waals surface area contributed by atoms with Crippen LogP contribution in [0.15, 0.2) is 49.1 Å². The van der Waals surface area contributed by atoms with Crippen LogP contribution in [0, 0.1) is 36.5 Å². The molecule has 0 atom stereocenters. The van der Waals surface area contributed by atoms with E-state index in [0.29, 0.717) is 41.2 Å². The second-order valence-corrected chi connectivity index (χ2v) is 12.7. The topological polar surface area (TPSA) is 161 Å². The van der Waals surface area contributed by atoms with E-state index in [-0.39, 0.29) is 6.61 Å². The molecule has 0 aliphatic carbocycles. The van der Waals surface area contributed by atoms with Gasteiger partial charge in [0.05, 0.1) is 30.6 Å². The molecule has 7 heterocycles. The molecule has 1 N–H and O–H groups in total. The molecule has 7 rings (SSSR count). The van der Waals surface area contributed by atoms with E-state index in [4.69, 9.17) is 14.7 Å². The van der Waals surface area contributed by atoms with Gasteiger partial charge in [0.2, 0.25) is 0 Å². The fourth-order valence-corrected chi connectivity index (χ4v) is 7.19. The van der Waals surface area contributed by atoms with Crippen molar-refractivity contribution in [2.45, 2.75) is 13.8 Å². The molecule has 0 unspecified atom stereocenters. The Morgan fingerprint density at radius 1 is 0.809 bits per heavy atom. The Morgan fingerprint density at radius 3 is 1.85 bits per heavy atom. The molecule has 0 aromatic carbocycles. The molecule has 0 amide bonds. The summed E-state index contributed by atoms with van der Waals surface area (Å²) < 4.78 is 5.46. The molecule has 0 spiro atoms. The number of thiophene rings is 2. The lowest BCUT2D eigenvalue weighted by atomic mass is 10.2. The first-order valence-electron chi connectivity index (χ1n) is 14.8. The smallest absolute Gasteiger partial charge is 0.163 e. The number of rotatable bonds is 6. The summed E-state index contributed by atoms with van der Waals surface area (Å²) in [5.74, 6) is 2.87. The van der Waals surface area contributed by atoms with Gasteiger partial charge in [-0.3, -0.25) is 9.97 Å². The monoisotopic (exact) mass is 662 g/mol. The SMILES string of the molecule is Cc1c(C#N)sc2nc(-c3ccncc3)nc(N(C)CCO)c12.Cc1c(C#N)sc2nc(-c3ccncc3)nc(N3CCOCC3)c12. The van der Waals surface area contributed by atoms with Gasteiger partial charge in [0.15, 0.2) is 11.6 Å². The first-order valence-corrected chi connectivity index (χ1v) is 16.4. The first kappa shape index (κ1) is 31.8. The zero-order valence-corrected chi connectivity index (χ0v) is 27.6. The number of morpholine rings is 1. The summed E-state index contributed by atoms with van der Waals surface area (Å²) in [6.45, 7) is 7.31. The molecule has 0 bridgehead atoms. The fraction of sp³-hybridized carbons (Fsp3) is 0.273. The van der Waals surface area contributed by atoms with Gasteiger partial charge in [0.1, 0.15) is 43.2 Å². The quantitative estimate of drug-likeness (QED) is 0.251. The maximum absolute atomic E-state index is 9.38. The fourth-order valence-electron chi connectivity index (χ4n) is 5.24. The largest absolute Gasteiger partial charge is 0.395 e. The number of anilines is 2. The molecule has 1 aliphatic heterocycles. The highest BCUT2D eigenvalue weighted by Crippen LogP contribution is 2.38. The van der Waals surface area contributed by atoms with Crippen LogP contribution in [0.1, 0.15) is 20.9 Å². The summed E-state index contributed by atoms with van der Waals surface area (Å²) >= 11 is 2.79. The summed E-state index contributed by atoms with van der Waals surface area (Å²) in [6, 6.07) is 12.0. The third kappa shape index (κ3) is 6.45. The van der Waals surface area contributed by atoms with E-state index in [1.165, 1.54) is 22.7 Å². The summed E-state index contributed by atoms with van der Waals surface area (Å²) in [6.07, 6.45) is 6.86. The van der Waals surface area contributed by atoms with Gasteiger partial charge in [0, 0.05) is 62.6 Å². The number of pyridine rings is 2. The molecular weight excluding hydrogens is 633 g/mol. The average molecular weight is 663 g/mol. The highest BCUT2D eigenvalue weighted by molar-refractivity contribution is 7.19. The number of ether oxygens (including phenoxy) is 1. The Bertz CT molecular complexity index is 2120. The predicted molar refractivity (Wildman–Crippen MR) is 184 cm³/mol. The molecule has 0 saturated carbocycles. The van der Waals surface area contributed by atoms with Gasteiger partial charge < -0.3 is 19.6 Å². The highest BCUT2D eigenvalue weighted by Gasteiger charge is 2.23. The molecule has 1 saturated heterocycles. The minimum Gasteiger partial charge on any atom is -0.395 e. The van der Waals surface area contributed by atoms with Crippen molar-refractivity contribution in [2.24, 2.45) is 0 Å². The standard InChI is InChI=1S/C17H15N5OS.C16H15N5OS/c1-11-13(10-18)24-17-14(11)16(22-6-8-23-9-7-22)20-15(21-17)12-2-4-19-5-3-12;1-10-12(9-17)23-16-13(10)15(21(2)7-8-22)19-14(20-16)11-3-5-18-6-4-11/h2-5H,6-9H2,1H3;3-6,22H,7-8H2,1-2H3. The van der Waals surface area contributed by atoms with Gasteiger partial charge in [-0.2, -0.15) is 10.5 Å². The minimum absolute atomic E-state index is 0.0286. The number of likely N-dealkylation sites (N-methyl/N-ethyl adjacent to an activating group) is 1. The molecule has 1 fully saturated rings. The number of aliphatic hydroxyl groups excluding tert-OH is 1. The van der Waals surface area contributed by atoms with E-state index in [1.807, 2.05) is 50.1 Å². The van der Waals surface area contributed by atoms with Crippen LogP contribution < -0.4 is 9.80 Å². The molecule has 236 valence electrons. The van der Waals surface area contributed by atoms with E-state index in [0.717, 1.165) is 67.4 Å². The van der Waals surface area contributed by atoms with Crippen molar-refractivity contribution in [3.05, 3.63) is 69.9 Å². The van der Waals surface area contributed by atoms with Gasteiger partial charge in [0.25, 0.3) is 0 Å². The molecule has 14 heteroatoms. The second kappa shape index (κ2) is 14.1. The maximum atomic E-state index is 9.38. The number of hydrogen-bond acceptors (Lipinski definition) is 14. The third-order valence-corrected chi connectivity index (χ3v) is 9.91. The van der Waals surface area contributed by atoms with E-state index in [2.05, 4.69) is 37.0 Å². The van der Waals surface area contributed by atoms with Crippen LogP contribution in [-0.4, -0.2) is 81.5 Å². The summed E-state index contributed by atoms with van der Waals surface area (Å²) in [4.78, 5) is 34.0. The maximum Gasteiger partial charge on any atom is 0.163 e. The molecule has 12 nitrogen and oxygen atoms in total. The summed E-state index contributed by atoms with van der Waals surface area (Å²) in [5.41, 5.74) is 3.63. The Hall–Kier alpha value is -5.12. The van der Waals surface area contributed by atoms with Crippen LogP contribution in [0.3, 0.4) is 0 Å². The number of hydrogen-bond donors (Lipinski definition) is 1. The number of fused-ring (bicyclic) bond motifs is 2. The number of aryl methyl sites for hydroxylation is 2. The van der Waals surface area contributed by atoms with Crippen LogP contribution in [0.25, 0.3) is 43.2 Å². The molecule has 47 heavy (non-hydrogen) atoms. The lowest BCUT2D eigenvalue weighted by Gasteiger charge is -2.28. The van der Waals surface area contributed by atoms with E-state index in [1.54, 1.807) is 24.8 Å². The Balaban J connectivity index is 0.000000165. The van der Waals surface area contributed by atoms with Crippen molar-refractivity contribution in [1.29, 1.82) is 10.5 Å². The van der Waals surface area contributed by atoms with Gasteiger partial charge in [-0.15, -0.1) is 22.7 Å². The van der Waals surface area contributed by atoms with Crippen molar-refractivity contribution < 1.29 is 9.84 Å². The third-order valence-electron chi connectivity index (χ3n) is 7.73. The Morgan fingerprint density at radius 2 is 1.32 bits per heavy atom. The summed E-state index contributed by atoms with van der Waals surface area (Å²) in [5, 5.41) is 29.8. The Kier molecular flexibility index (Phi) is 9.56. The molecular formula is C33H30N10O2S2. The predicted octanol–water partition coefficient (Wildman–Crippen LogP) is 5.13. The summed E-state index contributed by atoms with van der Waals surface area (Å²) in [7, 11) is 1.87. The lowest BCUT2D eigenvalue weighted by Crippen LogP contribution is -2.37. The van der Waals surface area contributed by atoms with Gasteiger partial charge in [-0.25, -0.2) is 19.9 Å². The van der Waals surface area contributed by atoms with Crippen molar-refractivity contribution in [3.63, 3.8) is 0 Å². The molecule has 6 aromatic rings. The van der Waals surface area contributed by atoms with E-state index < -0.39 is 0 Å². The average Bonchev–Trinajstić information content (AvgIpc) is 3.63. The lowest BCUT2D eigenvalue weighted by molar-refractivity contribution is 0.122. The van der Waals surface area contributed by atoms with Crippen molar-refractivity contribution >= 4 is 54.7 Å². The van der Waals surface area contributed by atoms with Crippen LogP contribution in [0.4, 0.5) is 11.6 Å². The number of nitriles is 2. The van der Waals surface area contributed by atoms with Crippen molar-refractivity contribution in [2.75, 3.05) is 56.3 Å². The van der Waals surface area contributed by atoms with Crippen LogP contribution >= 0.6 is 22.7 Å². The first-order chi connectivity index (χ1) is 22.9. The zero-order chi connectivity index (χ0) is 32.9. The van der Waals surface area contributed by atoms with Gasteiger partial charge >= 0.3 is 0 Å². The Labute approximate surface area is 279 Å². The number of aliphatic hydroxyl groups is 1. The van der Waals surface area contributed by atoms with E-state index in [9.17, 15) is 15.6 Å². The highest BCUT2D eigenvalue weighted by atomic mass is 32.1. The van der Waals surface area contributed by atoms with E-state index >= 15 is 0 Å². The van der Waals surface area contributed by atoms with Gasteiger partial charge in [-0.05, 0) is 49.2 Å². The normalized spacial score (nSPS) is 12.8. The van der Waals surface area contributed by atoms with Crippen LogP contribution in [0.5, 0.6) is 0 Å². The van der Waals surface area contributed by atoms with Crippen LogP contribution in [-0.2, 0) is 4.74 Å². The number of nitrogens with zero attached hydrogens (tertiary/aromatic N) is 10. The van der Waals surface area contributed by atoms with Gasteiger partial charge in [-0.1, -0.05) is 0 Å². The van der Waals surface area contributed by atoms with Crippen molar-refractivity contribution in [1.82, 2.24) is 29.9 Å². The molecule has 0 radical (unpaired) electrons. The minimum atomic E-state index is 0.0286. The molecule has 1 aliphatic rings. The second-order valence-electron chi connectivity index (χ2n) is 10.7. The zero-order valence-electron chi connectivity index (χ0n) is 26.0. The number of aromatic nitrogens is 6. The van der Waals surface area contributed by atoms with Crippen molar-refractivity contribution in [3.8, 4) is 34.9 Å². The van der Waals surface area contributed by atoms with Crippen LogP contribution in [0.2, 0.25) is 0 Å².